The Morgan fingerprint density at radius 1 is 1.19 bits per heavy atom. The fraction of sp³-hybridized carbons (Fsp3) is 0.286. The van der Waals surface area contributed by atoms with E-state index >= 15 is 0 Å². The molecule has 0 heterocycles. The summed E-state index contributed by atoms with van der Waals surface area (Å²) in [5.41, 5.74) is -1.68. The predicted octanol–water partition coefficient (Wildman–Crippen LogP) is 2.56. The highest BCUT2D eigenvalue weighted by atomic mass is 16.3. The third-order valence-corrected chi connectivity index (χ3v) is 5.80. The van der Waals surface area contributed by atoms with Crippen molar-refractivity contribution in [3.8, 4) is 17.6 Å². The van der Waals surface area contributed by atoms with Crippen LogP contribution in [0.5, 0.6) is 11.5 Å². The summed E-state index contributed by atoms with van der Waals surface area (Å²) in [4.78, 5) is 25.9. The number of carbonyl (C=O) groups excluding carboxylic acids is 2. The summed E-state index contributed by atoms with van der Waals surface area (Å²) in [6, 6.07) is 7.50. The Bertz CT molecular complexity index is 1070. The standard InChI is InChI=1S/C21H17NO5/c1-2-10-6-7-11-14(21(10,27)9-22)8-13-17(19(11)25)20(26)16-12(18(13)24)4-3-5-15(16)23/h3-5,8,10,23,25,27H,2,6-7H2,1H3/t10-,21-/m1/s1. The van der Waals surface area contributed by atoms with Gasteiger partial charge in [0.05, 0.1) is 11.1 Å². The number of ketones is 2. The quantitative estimate of drug-likeness (QED) is 0.572. The van der Waals surface area contributed by atoms with Gasteiger partial charge in [0.15, 0.2) is 11.4 Å². The van der Waals surface area contributed by atoms with E-state index in [1.807, 2.05) is 13.0 Å². The molecule has 2 aliphatic rings. The number of benzene rings is 2. The van der Waals surface area contributed by atoms with Crippen molar-refractivity contribution in [2.75, 3.05) is 0 Å². The van der Waals surface area contributed by atoms with Crippen LogP contribution < -0.4 is 0 Å². The molecule has 0 saturated heterocycles. The highest BCUT2D eigenvalue weighted by Crippen LogP contribution is 2.48. The summed E-state index contributed by atoms with van der Waals surface area (Å²) in [7, 11) is 0. The van der Waals surface area contributed by atoms with Crippen molar-refractivity contribution in [2.24, 2.45) is 5.92 Å². The minimum atomic E-state index is -1.84. The maximum Gasteiger partial charge on any atom is 0.201 e. The second-order valence-corrected chi connectivity index (χ2v) is 7.05. The molecule has 2 atom stereocenters. The number of aliphatic hydroxyl groups is 1. The molecule has 0 fully saturated rings. The van der Waals surface area contributed by atoms with Gasteiger partial charge in [0.1, 0.15) is 17.6 Å². The Morgan fingerprint density at radius 2 is 1.93 bits per heavy atom. The number of nitrogens with zero attached hydrogens (tertiary/aromatic N) is 1. The molecule has 6 heteroatoms. The maximum atomic E-state index is 13.0. The molecule has 0 radical (unpaired) electrons. The molecule has 3 N–H and O–H groups in total. The van der Waals surface area contributed by atoms with Crippen molar-refractivity contribution in [2.45, 2.75) is 31.8 Å². The molecule has 2 aromatic carbocycles. The Kier molecular flexibility index (Phi) is 3.62. The molecule has 136 valence electrons. The summed E-state index contributed by atoms with van der Waals surface area (Å²) in [6.07, 6.45) is 1.42. The van der Waals surface area contributed by atoms with E-state index in [4.69, 9.17) is 0 Å². The van der Waals surface area contributed by atoms with E-state index in [2.05, 4.69) is 0 Å². The van der Waals surface area contributed by atoms with Crippen LogP contribution in [-0.4, -0.2) is 26.9 Å². The summed E-state index contributed by atoms with van der Waals surface area (Å²) >= 11 is 0. The number of fused-ring (bicyclic) bond motifs is 3. The zero-order valence-electron chi connectivity index (χ0n) is 14.6. The number of hydrogen-bond donors (Lipinski definition) is 3. The molecular weight excluding hydrogens is 346 g/mol. The fourth-order valence-electron chi connectivity index (χ4n) is 4.35. The van der Waals surface area contributed by atoms with E-state index in [1.165, 1.54) is 24.3 Å². The first-order chi connectivity index (χ1) is 12.8. The zero-order chi connectivity index (χ0) is 19.5. The van der Waals surface area contributed by atoms with Gasteiger partial charge in [-0.3, -0.25) is 9.59 Å². The largest absolute Gasteiger partial charge is 0.507 e. The number of nitriles is 1. The molecular formula is C21H17NO5. The van der Waals surface area contributed by atoms with Crippen LogP contribution in [0.15, 0.2) is 24.3 Å². The van der Waals surface area contributed by atoms with Gasteiger partial charge in [-0.25, -0.2) is 0 Å². The average molecular weight is 363 g/mol. The second kappa shape index (κ2) is 5.66. The van der Waals surface area contributed by atoms with Crippen LogP contribution in [0.4, 0.5) is 0 Å². The lowest BCUT2D eigenvalue weighted by atomic mass is 9.68. The van der Waals surface area contributed by atoms with E-state index < -0.39 is 22.9 Å². The normalized spacial score (nSPS) is 23.2. The van der Waals surface area contributed by atoms with Crippen LogP contribution in [-0.2, 0) is 12.0 Å². The molecule has 4 rings (SSSR count). The van der Waals surface area contributed by atoms with Crippen LogP contribution in [0.25, 0.3) is 0 Å². The van der Waals surface area contributed by atoms with E-state index in [0.29, 0.717) is 24.8 Å². The van der Waals surface area contributed by atoms with Gasteiger partial charge in [-0.05, 0) is 31.4 Å². The molecule has 0 aromatic heterocycles. The molecule has 0 spiro atoms. The van der Waals surface area contributed by atoms with Gasteiger partial charge in [-0.15, -0.1) is 0 Å². The first-order valence-corrected chi connectivity index (χ1v) is 8.79. The lowest BCUT2D eigenvalue weighted by molar-refractivity contribution is 0.0169. The van der Waals surface area contributed by atoms with E-state index in [9.17, 15) is 30.2 Å². The van der Waals surface area contributed by atoms with Crippen molar-refractivity contribution in [3.05, 3.63) is 57.6 Å². The van der Waals surface area contributed by atoms with Gasteiger partial charge in [0.2, 0.25) is 5.78 Å². The smallest absolute Gasteiger partial charge is 0.201 e. The van der Waals surface area contributed by atoms with Crippen LogP contribution in [0, 0.1) is 17.2 Å². The molecule has 0 aliphatic heterocycles. The number of phenolic OH excluding ortho intramolecular Hbond substituents is 2. The van der Waals surface area contributed by atoms with Crippen molar-refractivity contribution >= 4 is 11.6 Å². The lowest BCUT2D eigenvalue weighted by Crippen LogP contribution is -2.39. The minimum absolute atomic E-state index is 0.0372. The lowest BCUT2D eigenvalue weighted by Gasteiger charge is -2.37. The molecule has 2 aliphatic carbocycles. The average Bonchev–Trinajstić information content (AvgIpc) is 2.66. The Morgan fingerprint density at radius 3 is 2.59 bits per heavy atom. The zero-order valence-corrected chi connectivity index (χ0v) is 14.6. The second-order valence-electron chi connectivity index (χ2n) is 7.05. The number of carbonyl (C=O) groups is 2. The number of aromatic hydroxyl groups is 2. The van der Waals surface area contributed by atoms with Gasteiger partial charge < -0.3 is 15.3 Å². The maximum absolute atomic E-state index is 13.0. The molecule has 0 amide bonds. The number of hydrogen-bond acceptors (Lipinski definition) is 6. The van der Waals surface area contributed by atoms with Crippen LogP contribution in [0.2, 0.25) is 0 Å². The van der Waals surface area contributed by atoms with Crippen molar-refractivity contribution in [1.82, 2.24) is 0 Å². The van der Waals surface area contributed by atoms with E-state index in [0.717, 1.165) is 0 Å². The van der Waals surface area contributed by atoms with E-state index in [-0.39, 0.29) is 39.5 Å². The first-order valence-electron chi connectivity index (χ1n) is 8.79. The molecule has 2 aromatic rings. The third kappa shape index (κ3) is 2.09. The third-order valence-electron chi connectivity index (χ3n) is 5.80. The fourth-order valence-corrected chi connectivity index (χ4v) is 4.35. The number of rotatable bonds is 1. The van der Waals surface area contributed by atoms with Crippen molar-refractivity contribution in [1.29, 1.82) is 5.26 Å². The van der Waals surface area contributed by atoms with Crippen LogP contribution in [0.1, 0.15) is 62.7 Å². The van der Waals surface area contributed by atoms with Crippen molar-refractivity contribution < 1.29 is 24.9 Å². The van der Waals surface area contributed by atoms with Crippen LogP contribution >= 0.6 is 0 Å². The topological polar surface area (TPSA) is 119 Å². The first kappa shape index (κ1) is 17.3. The highest BCUT2D eigenvalue weighted by Gasteiger charge is 2.46. The minimum Gasteiger partial charge on any atom is -0.507 e. The molecule has 27 heavy (non-hydrogen) atoms. The molecule has 0 unspecified atom stereocenters. The SMILES string of the molecule is CC[C@@H]1CCc2c(cc3c(c2O)C(=O)c2c(O)cccc2C3=O)[C@@]1(O)C#N. The summed E-state index contributed by atoms with van der Waals surface area (Å²) < 4.78 is 0. The van der Waals surface area contributed by atoms with Gasteiger partial charge in [-0.2, -0.15) is 5.26 Å². The van der Waals surface area contributed by atoms with Gasteiger partial charge in [-0.1, -0.05) is 19.1 Å². The summed E-state index contributed by atoms with van der Waals surface area (Å²) in [5, 5.41) is 41.5. The molecule has 0 saturated carbocycles. The predicted molar refractivity (Wildman–Crippen MR) is 94.7 cm³/mol. The molecule has 6 nitrogen and oxygen atoms in total. The Balaban J connectivity index is 2.04. The van der Waals surface area contributed by atoms with Crippen molar-refractivity contribution in [3.63, 3.8) is 0 Å². The number of phenols is 2. The Hall–Kier alpha value is -3.17. The Labute approximate surface area is 155 Å². The van der Waals surface area contributed by atoms with E-state index in [1.54, 1.807) is 0 Å². The van der Waals surface area contributed by atoms with Gasteiger partial charge in [0, 0.05) is 28.2 Å². The monoisotopic (exact) mass is 363 g/mol. The summed E-state index contributed by atoms with van der Waals surface area (Å²) in [5.74, 6) is -2.23. The van der Waals surface area contributed by atoms with Crippen LogP contribution in [0.3, 0.4) is 0 Å². The van der Waals surface area contributed by atoms with Gasteiger partial charge >= 0.3 is 0 Å². The highest BCUT2D eigenvalue weighted by molar-refractivity contribution is 6.30. The summed E-state index contributed by atoms with van der Waals surface area (Å²) in [6.45, 7) is 1.87. The molecule has 0 bridgehead atoms. The van der Waals surface area contributed by atoms with Gasteiger partial charge in [0.25, 0.3) is 0 Å².